The molecule has 88 valence electrons. The van der Waals surface area contributed by atoms with Gasteiger partial charge in [-0.15, -0.1) is 0 Å². The fourth-order valence-electron chi connectivity index (χ4n) is 1.35. The molecule has 17 heavy (non-hydrogen) atoms. The molecule has 0 aliphatic heterocycles. The van der Waals surface area contributed by atoms with E-state index >= 15 is 0 Å². The zero-order valence-electron chi connectivity index (χ0n) is 9.51. The molecule has 0 aromatic heterocycles. The Morgan fingerprint density at radius 2 is 2.35 bits per heavy atom. The molecule has 0 aliphatic carbocycles. The lowest BCUT2D eigenvalue weighted by atomic mass is 10.1. The van der Waals surface area contributed by atoms with E-state index in [9.17, 15) is 10.1 Å². The van der Waals surface area contributed by atoms with Crippen molar-refractivity contribution in [3.05, 3.63) is 46.0 Å². The van der Waals surface area contributed by atoms with Crippen molar-refractivity contribution in [1.82, 2.24) is 0 Å². The average Bonchev–Trinajstić information content (AvgIpc) is 2.34. The van der Waals surface area contributed by atoms with E-state index in [-0.39, 0.29) is 5.69 Å². The summed E-state index contributed by atoms with van der Waals surface area (Å²) in [6, 6.07) is 6.17. The molecule has 0 unspecified atom stereocenters. The van der Waals surface area contributed by atoms with E-state index in [0.717, 1.165) is 6.42 Å². The number of non-ortho nitro benzene ring substituents is 1. The number of nitro groups is 1. The molecule has 1 N–H and O–H groups in total. The van der Waals surface area contributed by atoms with Crippen LogP contribution in [0.1, 0.15) is 18.9 Å². The summed E-state index contributed by atoms with van der Waals surface area (Å²) in [6.45, 7) is 2.63. The summed E-state index contributed by atoms with van der Waals surface area (Å²) in [5, 5.41) is 22.5. The zero-order chi connectivity index (χ0) is 12.7. The summed E-state index contributed by atoms with van der Waals surface area (Å²) < 4.78 is 0. The Labute approximate surface area is 99.5 Å². The number of benzene rings is 1. The average molecular weight is 231 g/mol. The summed E-state index contributed by atoms with van der Waals surface area (Å²) in [4.78, 5) is 10.0. The topological polar surface area (TPSA) is 79.0 Å². The fourth-order valence-corrected chi connectivity index (χ4v) is 1.35. The molecule has 5 heteroatoms. The summed E-state index contributed by atoms with van der Waals surface area (Å²) >= 11 is 0. The Kier molecular flexibility index (Phi) is 4.70. The second kappa shape index (κ2) is 6.28. The molecule has 0 saturated heterocycles. The van der Waals surface area contributed by atoms with Crippen LogP contribution in [0.5, 0.6) is 0 Å². The number of nitriles is 1. The van der Waals surface area contributed by atoms with Crippen molar-refractivity contribution in [3.63, 3.8) is 0 Å². The normalized spacial score (nSPS) is 10.1. The maximum absolute atomic E-state index is 10.5. The van der Waals surface area contributed by atoms with Gasteiger partial charge in [0.05, 0.1) is 16.2 Å². The highest BCUT2D eigenvalue weighted by Gasteiger charge is 2.09. The molecule has 0 aliphatic rings. The number of anilines is 1. The van der Waals surface area contributed by atoms with Gasteiger partial charge in [-0.3, -0.25) is 10.1 Å². The van der Waals surface area contributed by atoms with E-state index in [4.69, 9.17) is 5.26 Å². The lowest BCUT2D eigenvalue weighted by Gasteiger charge is -2.06. The lowest BCUT2D eigenvalue weighted by molar-refractivity contribution is -0.384. The standard InChI is InChI=1S/C12H13N3O2/c1-2-3-4-7-14-12-6-5-11(15(16)17)8-10(12)9-13/h2-3,5-6,8,14H,4,7H2,1H3/b3-2+. The van der Waals surface area contributed by atoms with Crippen molar-refractivity contribution in [3.8, 4) is 6.07 Å². The Balaban J connectivity index is 2.79. The molecule has 1 rings (SSSR count). The molecular weight excluding hydrogens is 218 g/mol. The third kappa shape index (κ3) is 3.61. The first-order valence-corrected chi connectivity index (χ1v) is 5.22. The fraction of sp³-hybridized carbons (Fsp3) is 0.250. The first-order valence-electron chi connectivity index (χ1n) is 5.22. The molecule has 1 aromatic carbocycles. The van der Waals surface area contributed by atoms with Crippen LogP contribution in [-0.4, -0.2) is 11.5 Å². The third-order valence-electron chi connectivity index (χ3n) is 2.20. The van der Waals surface area contributed by atoms with Gasteiger partial charge in [0, 0.05) is 18.7 Å². The maximum atomic E-state index is 10.5. The van der Waals surface area contributed by atoms with E-state index < -0.39 is 4.92 Å². The largest absolute Gasteiger partial charge is 0.384 e. The molecule has 0 amide bonds. The van der Waals surface area contributed by atoms with Gasteiger partial charge >= 0.3 is 0 Å². The Morgan fingerprint density at radius 3 is 2.94 bits per heavy atom. The van der Waals surface area contributed by atoms with Gasteiger partial charge in [-0.2, -0.15) is 5.26 Å². The summed E-state index contributed by atoms with van der Waals surface area (Å²) in [5.41, 5.74) is 0.850. The highest BCUT2D eigenvalue weighted by atomic mass is 16.6. The molecule has 1 aromatic rings. The van der Waals surface area contributed by atoms with Crippen LogP contribution in [-0.2, 0) is 0 Å². The summed E-state index contributed by atoms with van der Waals surface area (Å²) in [5.74, 6) is 0. The quantitative estimate of drug-likeness (QED) is 0.365. The van der Waals surface area contributed by atoms with Gasteiger partial charge in [0.15, 0.2) is 0 Å². The molecule has 0 radical (unpaired) electrons. The van der Waals surface area contributed by atoms with Crippen LogP contribution in [0.4, 0.5) is 11.4 Å². The lowest BCUT2D eigenvalue weighted by Crippen LogP contribution is -2.02. The van der Waals surface area contributed by atoms with E-state index in [1.165, 1.54) is 12.1 Å². The van der Waals surface area contributed by atoms with Crippen LogP contribution in [0.2, 0.25) is 0 Å². The molecule has 0 atom stereocenters. The summed E-state index contributed by atoms with van der Waals surface area (Å²) in [7, 11) is 0. The minimum Gasteiger partial charge on any atom is -0.384 e. The molecule has 0 fully saturated rings. The smallest absolute Gasteiger partial charge is 0.270 e. The molecule has 0 spiro atoms. The number of nitrogens with one attached hydrogen (secondary N) is 1. The Hall–Kier alpha value is -2.35. The third-order valence-corrected chi connectivity index (χ3v) is 2.20. The van der Waals surface area contributed by atoms with Gasteiger partial charge in [0.25, 0.3) is 5.69 Å². The van der Waals surface area contributed by atoms with Crippen LogP contribution >= 0.6 is 0 Å². The van der Waals surface area contributed by atoms with Gasteiger partial charge in [-0.05, 0) is 19.4 Å². The minimum atomic E-state index is -0.509. The highest BCUT2D eigenvalue weighted by molar-refractivity contribution is 5.61. The van der Waals surface area contributed by atoms with Crippen molar-refractivity contribution in [2.75, 3.05) is 11.9 Å². The van der Waals surface area contributed by atoms with E-state index in [0.29, 0.717) is 17.8 Å². The SMILES string of the molecule is C/C=C/CCNc1ccc([N+](=O)[O-])cc1C#N. The Bertz CT molecular complexity index is 475. The molecule has 0 heterocycles. The maximum Gasteiger partial charge on any atom is 0.270 e. The monoisotopic (exact) mass is 231 g/mol. The highest BCUT2D eigenvalue weighted by Crippen LogP contribution is 2.21. The number of hydrogen-bond donors (Lipinski definition) is 1. The predicted octanol–water partition coefficient (Wildman–Crippen LogP) is 2.84. The number of allylic oxidation sites excluding steroid dienone is 1. The van der Waals surface area contributed by atoms with Crippen molar-refractivity contribution >= 4 is 11.4 Å². The van der Waals surface area contributed by atoms with Crippen LogP contribution < -0.4 is 5.32 Å². The first kappa shape index (κ1) is 12.7. The molecule has 0 bridgehead atoms. The second-order valence-electron chi connectivity index (χ2n) is 3.38. The van der Waals surface area contributed by atoms with Crippen LogP contribution in [0.3, 0.4) is 0 Å². The number of nitrogens with zero attached hydrogens (tertiary/aromatic N) is 2. The van der Waals surface area contributed by atoms with E-state index in [2.05, 4.69) is 5.32 Å². The van der Waals surface area contributed by atoms with Gasteiger partial charge in [-0.1, -0.05) is 12.2 Å². The first-order chi connectivity index (χ1) is 8.19. The van der Waals surface area contributed by atoms with Gasteiger partial charge in [-0.25, -0.2) is 0 Å². The minimum absolute atomic E-state index is 0.0689. The summed E-state index contributed by atoms with van der Waals surface area (Å²) in [6.07, 6.45) is 4.80. The predicted molar refractivity (Wildman–Crippen MR) is 65.7 cm³/mol. The molecule has 5 nitrogen and oxygen atoms in total. The van der Waals surface area contributed by atoms with Gasteiger partial charge < -0.3 is 5.32 Å². The van der Waals surface area contributed by atoms with Crippen molar-refractivity contribution in [1.29, 1.82) is 5.26 Å². The molecule has 0 saturated carbocycles. The van der Waals surface area contributed by atoms with E-state index in [1.807, 2.05) is 25.1 Å². The van der Waals surface area contributed by atoms with Gasteiger partial charge in [0.2, 0.25) is 0 Å². The van der Waals surface area contributed by atoms with E-state index in [1.54, 1.807) is 6.07 Å². The van der Waals surface area contributed by atoms with Crippen molar-refractivity contribution in [2.24, 2.45) is 0 Å². The Morgan fingerprint density at radius 1 is 1.59 bits per heavy atom. The van der Waals surface area contributed by atoms with Crippen molar-refractivity contribution < 1.29 is 4.92 Å². The van der Waals surface area contributed by atoms with Gasteiger partial charge in [0.1, 0.15) is 6.07 Å². The molecular formula is C12H13N3O2. The number of nitro benzene ring substituents is 1. The second-order valence-corrected chi connectivity index (χ2v) is 3.38. The van der Waals surface area contributed by atoms with Crippen LogP contribution in [0, 0.1) is 21.4 Å². The number of hydrogen-bond acceptors (Lipinski definition) is 4. The zero-order valence-corrected chi connectivity index (χ0v) is 9.51. The van der Waals surface area contributed by atoms with Crippen molar-refractivity contribution in [2.45, 2.75) is 13.3 Å². The van der Waals surface area contributed by atoms with Crippen LogP contribution in [0.25, 0.3) is 0 Å². The number of rotatable bonds is 5. The van der Waals surface area contributed by atoms with Crippen LogP contribution in [0.15, 0.2) is 30.4 Å².